The lowest BCUT2D eigenvalue weighted by Gasteiger charge is -2.44. The molecule has 0 spiro atoms. The van der Waals surface area contributed by atoms with Gasteiger partial charge in [-0.05, 0) is 117 Å². The molecular formula is C43H52N5O7PS. The molecule has 3 fully saturated rings. The zero-order chi connectivity index (χ0) is 40.3. The predicted molar refractivity (Wildman–Crippen MR) is 220 cm³/mol. The van der Waals surface area contributed by atoms with E-state index in [0.29, 0.717) is 54.5 Å². The lowest BCUT2D eigenvalue weighted by Crippen LogP contribution is -2.60. The van der Waals surface area contributed by atoms with Crippen LogP contribution < -0.4 is 14.9 Å². The maximum Gasteiger partial charge on any atom is 0.323 e. The van der Waals surface area contributed by atoms with Crippen molar-refractivity contribution in [1.29, 1.82) is 0 Å². The number of likely N-dealkylation sites (tertiary alicyclic amines) is 1. The third kappa shape index (κ3) is 9.27. The average molecular weight is 814 g/mol. The fourth-order valence-corrected chi connectivity index (χ4v) is 11.3. The number of nitrogens with zero attached hydrogens (tertiary/aromatic N) is 3. The molecule has 0 aliphatic carbocycles. The van der Waals surface area contributed by atoms with Crippen LogP contribution >= 0.6 is 18.9 Å². The van der Waals surface area contributed by atoms with Crippen LogP contribution in [0.1, 0.15) is 91.6 Å². The minimum Gasteiger partial charge on any atom is -0.465 e. The van der Waals surface area contributed by atoms with Crippen molar-refractivity contribution in [2.45, 2.75) is 102 Å². The van der Waals surface area contributed by atoms with Gasteiger partial charge in [-0.2, -0.15) is 0 Å². The van der Waals surface area contributed by atoms with Crippen LogP contribution in [0.4, 0.5) is 0 Å². The summed E-state index contributed by atoms with van der Waals surface area (Å²) >= 11 is 1.32. The van der Waals surface area contributed by atoms with Gasteiger partial charge in [0, 0.05) is 42.1 Å². The van der Waals surface area contributed by atoms with Crippen molar-refractivity contribution in [1.82, 2.24) is 25.2 Å². The third-order valence-electron chi connectivity index (χ3n) is 11.4. The number of ether oxygens (including phenoxy) is 1. The van der Waals surface area contributed by atoms with E-state index in [1.54, 1.807) is 48.4 Å². The van der Waals surface area contributed by atoms with Gasteiger partial charge in [0.2, 0.25) is 11.8 Å². The Morgan fingerprint density at radius 2 is 1.82 bits per heavy atom. The summed E-state index contributed by atoms with van der Waals surface area (Å²) < 4.78 is 26.5. The van der Waals surface area contributed by atoms with Crippen LogP contribution in [0.3, 0.4) is 0 Å². The van der Waals surface area contributed by atoms with E-state index in [2.05, 4.69) is 29.2 Å². The lowest BCUT2D eigenvalue weighted by atomic mass is 9.89. The van der Waals surface area contributed by atoms with Gasteiger partial charge in [0.1, 0.15) is 23.9 Å². The highest BCUT2D eigenvalue weighted by molar-refractivity contribution is 7.56. The van der Waals surface area contributed by atoms with Crippen molar-refractivity contribution in [3.8, 4) is 5.75 Å². The Hall–Kier alpha value is -4.58. The van der Waals surface area contributed by atoms with E-state index >= 15 is 0 Å². The lowest BCUT2D eigenvalue weighted by molar-refractivity contribution is -0.150. The number of rotatable bonds is 13. The number of carbonyl (C=O) groups is 4. The van der Waals surface area contributed by atoms with Gasteiger partial charge in [0.05, 0.1) is 17.6 Å². The highest BCUT2D eigenvalue weighted by atomic mass is 32.1. The number of nitrogens with one attached hydrogen (secondary N) is 2. The number of hydrogen-bond acceptors (Lipinski definition) is 9. The summed E-state index contributed by atoms with van der Waals surface area (Å²) in [6.45, 7) is 9.23. The molecule has 5 heterocycles. The maximum absolute atomic E-state index is 14.3. The average Bonchev–Trinajstić information content (AvgIpc) is 3.79. The van der Waals surface area contributed by atoms with Gasteiger partial charge in [-0.25, -0.2) is 5.09 Å². The zero-order valence-corrected chi connectivity index (χ0v) is 34.7. The molecule has 1 unspecified atom stereocenters. The number of esters is 1. The standard InChI is InChI=1S/C43H52N5O7PS/c1-5-19-54-43(52)29(4)46-56(53,55-34-9-7-6-8-10-34)26-30-12-16-38-31(21-30)22-39(57-38)40(49)45-36-14-11-27(2)20-33-13-15-37(48(33)41(36)50)42(51)47-24-32(25-47)35-23-44-18-17-28(35)3/h6-10,12,16-18,21-23,27,29,32-33,36-37H,5,11,13-15,19-20,24-26H2,1-4H3,(H,45,49)(H,46,53)/t27-,29+,33-,36+,37+,56?/m1/s1. The fourth-order valence-electron chi connectivity index (χ4n) is 8.33. The van der Waals surface area contributed by atoms with E-state index in [1.807, 2.05) is 48.4 Å². The number of thiophene rings is 1. The summed E-state index contributed by atoms with van der Waals surface area (Å²) in [6.07, 6.45) is 7.83. The zero-order valence-electron chi connectivity index (χ0n) is 33.0. The molecule has 0 radical (unpaired) electrons. The van der Waals surface area contributed by atoms with Crippen molar-refractivity contribution >= 4 is 52.6 Å². The summed E-state index contributed by atoms with van der Waals surface area (Å²) in [5.41, 5.74) is 3.02. The number of para-hydroxylation sites is 1. The van der Waals surface area contributed by atoms with Crippen LogP contribution in [0.15, 0.2) is 73.1 Å². The van der Waals surface area contributed by atoms with Crippen LogP contribution in [0, 0.1) is 12.8 Å². The first-order valence-corrected chi connectivity index (χ1v) is 22.7. The number of carbonyl (C=O) groups excluding carboxylic acids is 4. The van der Waals surface area contributed by atoms with Crippen LogP contribution in [-0.2, 0) is 29.8 Å². The van der Waals surface area contributed by atoms with Gasteiger partial charge in [0.25, 0.3) is 5.91 Å². The number of aryl methyl sites for hydroxylation is 1. The molecular weight excluding hydrogens is 762 g/mol. The van der Waals surface area contributed by atoms with Crippen molar-refractivity contribution < 1.29 is 33.0 Å². The molecule has 302 valence electrons. The molecule has 57 heavy (non-hydrogen) atoms. The minimum absolute atomic E-state index is 0.0120. The number of amides is 3. The summed E-state index contributed by atoms with van der Waals surface area (Å²) in [6, 6.07) is 16.0. The second kappa shape index (κ2) is 17.5. The van der Waals surface area contributed by atoms with Crippen LogP contribution in [0.5, 0.6) is 5.75 Å². The molecule has 2 aromatic carbocycles. The minimum atomic E-state index is -3.68. The quantitative estimate of drug-likeness (QED) is 0.106. The summed E-state index contributed by atoms with van der Waals surface area (Å²) in [7, 11) is -3.68. The van der Waals surface area contributed by atoms with Crippen molar-refractivity contribution in [2.24, 2.45) is 5.92 Å². The van der Waals surface area contributed by atoms with E-state index in [4.69, 9.17) is 9.26 Å². The SMILES string of the molecule is CCCOC(=O)[C@H](C)NP(=O)(Cc1ccc2sc(C(=O)N[C@H]3CC[C@@H](C)C[C@H]4CC[C@@H](C(=O)N5CC(c6cnccc6C)C5)N4C3=O)cc2c1)Oc1ccccc1. The Morgan fingerprint density at radius 3 is 2.58 bits per heavy atom. The van der Waals surface area contributed by atoms with E-state index < -0.39 is 31.6 Å². The molecule has 3 amide bonds. The maximum atomic E-state index is 14.3. The van der Waals surface area contributed by atoms with Gasteiger partial charge in [-0.3, -0.25) is 28.7 Å². The summed E-state index contributed by atoms with van der Waals surface area (Å²) in [4.78, 5) is 63.2. The number of fused-ring (bicyclic) bond motifs is 2. The molecule has 7 rings (SSSR count). The second-order valence-electron chi connectivity index (χ2n) is 15.8. The predicted octanol–water partition coefficient (Wildman–Crippen LogP) is 7.21. The number of aromatic nitrogens is 1. The van der Waals surface area contributed by atoms with Crippen LogP contribution in [0.25, 0.3) is 10.1 Å². The molecule has 12 nitrogen and oxygen atoms in total. The van der Waals surface area contributed by atoms with Crippen molar-refractivity contribution in [3.05, 3.63) is 94.6 Å². The highest BCUT2D eigenvalue weighted by Crippen LogP contribution is 2.47. The van der Waals surface area contributed by atoms with Crippen molar-refractivity contribution in [3.63, 3.8) is 0 Å². The largest absolute Gasteiger partial charge is 0.465 e. The number of benzene rings is 2. The molecule has 3 aliphatic heterocycles. The molecule has 0 saturated carbocycles. The molecule has 2 N–H and O–H groups in total. The molecule has 2 aromatic heterocycles. The molecule has 3 saturated heterocycles. The van der Waals surface area contributed by atoms with Crippen LogP contribution in [-0.4, -0.2) is 82.3 Å². The van der Waals surface area contributed by atoms with E-state index in [9.17, 15) is 23.7 Å². The monoisotopic (exact) mass is 813 g/mol. The van der Waals surface area contributed by atoms with Gasteiger partial charge in [-0.15, -0.1) is 11.3 Å². The smallest absolute Gasteiger partial charge is 0.323 e. The Kier molecular flexibility index (Phi) is 12.5. The molecule has 3 aliphatic rings. The number of pyridine rings is 1. The Balaban J connectivity index is 1.04. The summed E-state index contributed by atoms with van der Waals surface area (Å²) in [5, 5.41) is 6.75. The third-order valence-corrected chi connectivity index (χ3v) is 14.5. The van der Waals surface area contributed by atoms with Crippen LogP contribution in [0.2, 0.25) is 0 Å². The number of hydrogen-bond donors (Lipinski definition) is 2. The molecule has 0 bridgehead atoms. The van der Waals surface area contributed by atoms with Gasteiger partial charge in [0.15, 0.2) is 0 Å². The highest BCUT2D eigenvalue weighted by Gasteiger charge is 2.48. The van der Waals surface area contributed by atoms with E-state index in [1.165, 1.54) is 11.3 Å². The van der Waals surface area contributed by atoms with Gasteiger partial charge < -0.3 is 24.4 Å². The Morgan fingerprint density at radius 1 is 1.04 bits per heavy atom. The van der Waals surface area contributed by atoms with E-state index in [0.717, 1.165) is 40.5 Å². The molecule has 6 atom stereocenters. The molecule has 4 aromatic rings. The fraction of sp³-hybridized carbons (Fsp3) is 0.465. The first kappa shape index (κ1) is 40.6. The Labute approximate surface area is 338 Å². The first-order chi connectivity index (χ1) is 27.4. The molecule has 14 heteroatoms. The Bertz CT molecular complexity index is 2160. The normalized spacial score (nSPS) is 22.8. The first-order valence-electron chi connectivity index (χ1n) is 20.0. The van der Waals surface area contributed by atoms with Gasteiger partial charge >= 0.3 is 13.5 Å². The topological polar surface area (TPSA) is 147 Å². The van der Waals surface area contributed by atoms with Gasteiger partial charge in [-0.1, -0.05) is 38.1 Å². The summed E-state index contributed by atoms with van der Waals surface area (Å²) in [5.74, 6) is -0.0860. The van der Waals surface area contributed by atoms with E-state index in [-0.39, 0.29) is 42.5 Å². The van der Waals surface area contributed by atoms with Crippen molar-refractivity contribution in [2.75, 3.05) is 19.7 Å². The second-order valence-corrected chi connectivity index (χ2v) is 19.0.